The summed E-state index contributed by atoms with van der Waals surface area (Å²) in [7, 11) is 1.60. The minimum Gasteiger partial charge on any atom is -0.497 e. The summed E-state index contributed by atoms with van der Waals surface area (Å²) < 4.78 is 5.17. The van der Waals surface area contributed by atoms with Gasteiger partial charge in [0.1, 0.15) is 5.75 Å². The Balaban J connectivity index is 1.56. The van der Waals surface area contributed by atoms with Gasteiger partial charge in [-0.15, -0.1) is 0 Å². The lowest BCUT2D eigenvalue weighted by atomic mass is 10.2. The second-order valence-electron chi connectivity index (χ2n) is 6.06. The molecule has 0 heterocycles. The van der Waals surface area contributed by atoms with Gasteiger partial charge in [0.05, 0.1) is 7.11 Å². The maximum absolute atomic E-state index is 12.2. The molecule has 0 aromatic heterocycles. The van der Waals surface area contributed by atoms with E-state index in [2.05, 4.69) is 16.0 Å². The van der Waals surface area contributed by atoms with Crippen LogP contribution in [-0.2, 0) is 6.54 Å². The standard InChI is InChI=1S/C22H21N3O3/c1-28-20-12-5-7-16(13-20)15-23-22(27)25-19-11-6-10-18(14-19)24-21(26)17-8-3-2-4-9-17/h2-14H,15H2,1H3,(H,24,26)(H2,23,25,27). The first-order valence-corrected chi connectivity index (χ1v) is 8.78. The molecule has 142 valence electrons. The quantitative estimate of drug-likeness (QED) is 0.602. The SMILES string of the molecule is COc1cccc(CNC(=O)Nc2cccc(NC(=O)c3ccccc3)c2)c1. The fraction of sp³-hybridized carbons (Fsp3) is 0.0909. The number of hydrogen-bond donors (Lipinski definition) is 3. The molecule has 28 heavy (non-hydrogen) atoms. The Hall–Kier alpha value is -3.80. The molecule has 0 saturated heterocycles. The average Bonchev–Trinajstić information content (AvgIpc) is 2.73. The third kappa shape index (κ3) is 5.35. The molecule has 0 atom stereocenters. The van der Waals surface area contributed by atoms with E-state index in [0.717, 1.165) is 11.3 Å². The van der Waals surface area contributed by atoms with Gasteiger partial charge in [-0.05, 0) is 48.0 Å². The highest BCUT2D eigenvalue weighted by molar-refractivity contribution is 6.04. The number of carbonyl (C=O) groups is 2. The normalized spacial score (nSPS) is 10.0. The molecular weight excluding hydrogens is 354 g/mol. The molecule has 0 bridgehead atoms. The van der Waals surface area contributed by atoms with Gasteiger partial charge in [0.15, 0.2) is 0 Å². The van der Waals surface area contributed by atoms with E-state index in [4.69, 9.17) is 4.74 Å². The van der Waals surface area contributed by atoms with Crippen LogP contribution >= 0.6 is 0 Å². The van der Waals surface area contributed by atoms with E-state index < -0.39 is 0 Å². The van der Waals surface area contributed by atoms with Crippen molar-refractivity contribution < 1.29 is 14.3 Å². The van der Waals surface area contributed by atoms with Gasteiger partial charge in [-0.2, -0.15) is 0 Å². The number of anilines is 2. The van der Waals surface area contributed by atoms with E-state index in [1.54, 1.807) is 55.6 Å². The Morgan fingerprint density at radius 2 is 1.54 bits per heavy atom. The summed E-state index contributed by atoms with van der Waals surface area (Å²) in [5.41, 5.74) is 2.67. The number of amides is 3. The number of urea groups is 1. The Bertz CT molecular complexity index is 958. The van der Waals surface area contributed by atoms with Crippen molar-refractivity contribution in [3.05, 3.63) is 90.0 Å². The number of nitrogens with one attached hydrogen (secondary N) is 3. The van der Waals surface area contributed by atoms with Crippen LogP contribution in [0.3, 0.4) is 0 Å². The van der Waals surface area contributed by atoms with E-state index in [1.807, 2.05) is 30.3 Å². The van der Waals surface area contributed by atoms with Crippen molar-refractivity contribution >= 4 is 23.3 Å². The molecule has 0 saturated carbocycles. The molecule has 6 heteroatoms. The molecule has 3 aromatic rings. The molecule has 0 unspecified atom stereocenters. The van der Waals surface area contributed by atoms with Crippen LogP contribution in [0.5, 0.6) is 5.75 Å². The monoisotopic (exact) mass is 375 g/mol. The number of hydrogen-bond acceptors (Lipinski definition) is 3. The molecule has 0 fully saturated rings. The molecule has 3 N–H and O–H groups in total. The van der Waals surface area contributed by atoms with Crippen LogP contribution < -0.4 is 20.7 Å². The number of carbonyl (C=O) groups excluding carboxylic acids is 2. The van der Waals surface area contributed by atoms with Crippen molar-refractivity contribution in [3.8, 4) is 5.75 Å². The molecule has 3 aromatic carbocycles. The molecule has 0 radical (unpaired) electrons. The van der Waals surface area contributed by atoms with E-state index in [9.17, 15) is 9.59 Å². The van der Waals surface area contributed by atoms with Gasteiger partial charge in [-0.1, -0.05) is 36.4 Å². The zero-order chi connectivity index (χ0) is 19.8. The van der Waals surface area contributed by atoms with Gasteiger partial charge in [0.2, 0.25) is 0 Å². The van der Waals surface area contributed by atoms with Gasteiger partial charge in [-0.25, -0.2) is 4.79 Å². The fourth-order valence-corrected chi connectivity index (χ4v) is 2.61. The number of methoxy groups -OCH3 is 1. The summed E-state index contributed by atoms with van der Waals surface area (Å²) >= 11 is 0. The van der Waals surface area contributed by atoms with Gasteiger partial charge in [0.25, 0.3) is 5.91 Å². The summed E-state index contributed by atoms with van der Waals surface area (Å²) in [4.78, 5) is 24.4. The second kappa shape index (κ2) is 9.23. The third-order valence-electron chi connectivity index (χ3n) is 4.00. The molecule has 0 aliphatic heterocycles. The number of benzene rings is 3. The Kier molecular flexibility index (Phi) is 6.25. The lowest BCUT2D eigenvalue weighted by molar-refractivity contribution is 0.102. The minimum absolute atomic E-state index is 0.208. The van der Waals surface area contributed by atoms with Crippen LogP contribution in [0.25, 0.3) is 0 Å². The van der Waals surface area contributed by atoms with Crippen LogP contribution in [0.4, 0.5) is 16.2 Å². The van der Waals surface area contributed by atoms with Gasteiger partial charge in [-0.3, -0.25) is 4.79 Å². The lowest BCUT2D eigenvalue weighted by Gasteiger charge is -2.10. The minimum atomic E-state index is -0.339. The zero-order valence-corrected chi connectivity index (χ0v) is 15.4. The Labute approximate surface area is 163 Å². The number of ether oxygens (including phenoxy) is 1. The van der Waals surface area contributed by atoms with Crippen molar-refractivity contribution in [3.63, 3.8) is 0 Å². The zero-order valence-electron chi connectivity index (χ0n) is 15.4. The van der Waals surface area contributed by atoms with Crippen molar-refractivity contribution in [2.45, 2.75) is 6.54 Å². The summed E-state index contributed by atoms with van der Waals surface area (Å²) in [5.74, 6) is 0.529. The molecule has 3 amide bonds. The highest BCUT2D eigenvalue weighted by Crippen LogP contribution is 2.16. The highest BCUT2D eigenvalue weighted by atomic mass is 16.5. The van der Waals surface area contributed by atoms with Crippen molar-refractivity contribution in [2.24, 2.45) is 0 Å². The van der Waals surface area contributed by atoms with Crippen molar-refractivity contribution in [2.75, 3.05) is 17.7 Å². The fourth-order valence-electron chi connectivity index (χ4n) is 2.61. The van der Waals surface area contributed by atoms with Crippen LogP contribution in [0, 0.1) is 0 Å². The third-order valence-corrected chi connectivity index (χ3v) is 4.00. The molecular formula is C22H21N3O3. The molecule has 0 aliphatic carbocycles. The van der Waals surface area contributed by atoms with E-state index >= 15 is 0 Å². The maximum atomic E-state index is 12.2. The van der Waals surface area contributed by atoms with Gasteiger partial charge < -0.3 is 20.7 Å². The molecule has 0 aliphatic rings. The summed E-state index contributed by atoms with van der Waals surface area (Å²) in [6, 6.07) is 23.1. The lowest BCUT2D eigenvalue weighted by Crippen LogP contribution is -2.28. The smallest absolute Gasteiger partial charge is 0.319 e. The topological polar surface area (TPSA) is 79.5 Å². The van der Waals surface area contributed by atoms with Crippen molar-refractivity contribution in [1.82, 2.24) is 5.32 Å². The summed E-state index contributed by atoms with van der Waals surface area (Å²) in [6.45, 7) is 0.369. The van der Waals surface area contributed by atoms with Gasteiger partial charge in [0, 0.05) is 23.5 Å². The van der Waals surface area contributed by atoms with E-state index in [1.165, 1.54) is 0 Å². The van der Waals surface area contributed by atoms with Crippen LogP contribution in [0.15, 0.2) is 78.9 Å². The Morgan fingerprint density at radius 1 is 0.821 bits per heavy atom. The Morgan fingerprint density at radius 3 is 2.29 bits per heavy atom. The van der Waals surface area contributed by atoms with Crippen LogP contribution in [-0.4, -0.2) is 19.0 Å². The predicted octanol–water partition coefficient (Wildman–Crippen LogP) is 4.27. The average molecular weight is 375 g/mol. The van der Waals surface area contributed by atoms with Crippen molar-refractivity contribution in [1.29, 1.82) is 0 Å². The number of rotatable bonds is 6. The second-order valence-corrected chi connectivity index (χ2v) is 6.06. The molecule has 3 rings (SSSR count). The highest BCUT2D eigenvalue weighted by Gasteiger charge is 2.07. The van der Waals surface area contributed by atoms with Gasteiger partial charge >= 0.3 is 6.03 Å². The first kappa shape index (κ1) is 19.0. The first-order valence-electron chi connectivity index (χ1n) is 8.78. The largest absolute Gasteiger partial charge is 0.497 e. The van der Waals surface area contributed by atoms with Crippen LogP contribution in [0.1, 0.15) is 15.9 Å². The van der Waals surface area contributed by atoms with Crippen LogP contribution in [0.2, 0.25) is 0 Å². The predicted molar refractivity (Wildman–Crippen MR) is 110 cm³/mol. The maximum Gasteiger partial charge on any atom is 0.319 e. The first-order chi connectivity index (χ1) is 13.6. The summed E-state index contributed by atoms with van der Waals surface area (Å²) in [5, 5.41) is 8.37. The molecule has 0 spiro atoms. The summed E-state index contributed by atoms with van der Waals surface area (Å²) in [6.07, 6.45) is 0. The van der Waals surface area contributed by atoms with E-state index in [0.29, 0.717) is 23.5 Å². The molecule has 6 nitrogen and oxygen atoms in total. The van der Waals surface area contributed by atoms with E-state index in [-0.39, 0.29) is 11.9 Å².